The Morgan fingerprint density at radius 1 is 1.21 bits per heavy atom. The minimum Gasteiger partial charge on any atom is -0.432 e. The summed E-state index contributed by atoms with van der Waals surface area (Å²) < 4.78 is 9.59. The fourth-order valence-electron chi connectivity index (χ4n) is 4.62. The summed E-state index contributed by atoms with van der Waals surface area (Å²) in [6, 6.07) is 8.63. The van der Waals surface area contributed by atoms with Crippen molar-refractivity contribution in [3.05, 3.63) is 45.3 Å². The molecule has 0 unspecified atom stereocenters. The smallest absolute Gasteiger partial charge is 0.188 e. The first-order chi connectivity index (χ1) is 13.8. The fourth-order valence-corrected chi connectivity index (χ4v) is 7.88. The number of aryl methyl sites for hydroxylation is 2. The quantitative estimate of drug-likeness (QED) is 0.385. The molecule has 0 spiro atoms. The van der Waals surface area contributed by atoms with Gasteiger partial charge in [-0.3, -0.25) is 4.68 Å². The number of aliphatic hydroxyl groups is 1. The number of ether oxygens (including phenoxy) is 1. The van der Waals surface area contributed by atoms with Crippen LogP contribution < -0.4 is 0 Å². The average Bonchev–Trinajstić information content (AvgIpc) is 3.22. The number of rotatable bonds is 9. The Bertz CT molecular complexity index is 795. The Balaban J connectivity index is 1.63. The normalized spacial score (nSPS) is 24.9. The van der Waals surface area contributed by atoms with Gasteiger partial charge in [0.05, 0.1) is 17.9 Å². The van der Waals surface area contributed by atoms with Crippen molar-refractivity contribution < 1.29 is 14.6 Å². The highest BCUT2D eigenvalue weighted by molar-refractivity contribution is 14.1. The third kappa shape index (κ3) is 6.10. The van der Waals surface area contributed by atoms with E-state index in [1.807, 2.05) is 24.0 Å². The van der Waals surface area contributed by atoms with Crippen LogP contribution in [-0.4, -0.2) is 52.0 Å². The molecular weight excluding hydrogens is 497 g/mol. The molecule has 2 aromatic rings. The molecule has 0 amide bonds. The topological polar surface area (TPSA) is 80.4 Å². The number of hydrogen-bond donors (Lipinski definition) is 2. The molecule has 160 valence electrons. The summed E-state index contributed by atoms with van der Waals surface area (Å²) in [4.78, 5) is 11.0. The molecule has 0 radical (unpaired) electrons. The molecule has 0 aliphatic carbocycles. The molecule has 8 heteroatoms. The van der Waals surface area contributed by atoms with E-state index in [4.69, 9.17) is 9.84 Å². The van der Waals surface area contributed by atoms with Gasteiger partial charge >= 0.3 is 0 Å². The van der Waals surface area contributed by atoms with Crippen LogP contribution in [0, 0.1) is 9.49 Å². The molecule has 1 saturated heterocycles. The van der Waals surface area contributed by atoms with Crippen LogP contribution in [0.5, 0.6) is 0 Å². The van der Waals surface area contributed by atoms with Crippen molar-refractivity contribution in [3.8, 4) is 0 Å². The van der Waals surface area contributed by atoms with Crippen LogP contribution in [0.4, 0.5) is 0 Å². The first-order valence-electron chi connectivity index (χ1n) is 10.4. The first-order valence-corrected chi connectivity index (χ1v) is 14.5. The molecule has 29 heavy (non-hydrogen) atoms. The molecule has 1 aliphatic heterocycles. The van der Waals surface area contributed by atoms with Gasteiger partial charge in [0, 0.05) is 34.9 Å². The Morgan fingerprint density at radius 3 is 2.69 bits per heavy atom. The lowest BCUT2D eigenvalue weighted by Crippen LogP contribution is -2.40. The third-order valence-corrected chi connectivity index (χ3v) is 9.12. The number of halogens is 1. The summed E-state index contributed by atoms with van der Waals surface area (Å²) in [5.41, 5.74) is 2.35. The van der Waals surface area contributed by atoms with E-state index in [2.05, 4.69) is 64.1 Å². The molecule has 2 N–H and O–H groups in total. The minimum atomic E-state index is -2.36. The number of aliphatic hydroxyl groups excluding tert-OH is 1. The molecule has 1 aliphatic rings. The average molecular weight is 529 g/mol. The summed E-state index contributed by atoms with van der Waals surface area (Å²) >= 11 is 2.35. The zero-order valence-corrected chi connectivity index (χ0v) is 20.6. The van der Waals surface area contributed by atoms with Gasteiger partial charge in [-0.2, -0.15) is 0 Å². The van der Waals surface area contributed by atoms with Crippen LogP contribution in [0.25, 0.3) is 0 Å². The lowest BCUT2D eigenvalue weighted by atomic mass is 9.95. The monoisotopic (exact) mass is 529 g/mol. The van der Waals surface area contributed by atoms with Crippen LogP contribution in [-0.2, 0) is 24.1 Å². The zero-order valence-electron chi connectivity index (χ0n) is 17.5. The van der Waals surface area contributed by atoms with Gasteiger partial charge in [-0.1, -0.05) is 24.3 Å². The van der Waals surface area contributed by atoms with E-state index in [0.29, 0.717) is 18.9 Å². The van der Waals surface area contributed by atoms with Crippen molar-refractivity contribution in [2.75, 3.05) is 6.61 Å². The van der Waals surface area contributed by atoms with Gasteiger partial charge in [0.25, 0.3) is 0 Å². The van der Waals surface area contributed by atoms with Gasteiger partial charge in [0.1, 0.15) is 0 Å². The van der Waals surface area contributed by atoms with Gasteiger partial charge in [0.15, 0.2) is 8.32 Å². The summed E-state index contributed by atoms with van der Waals surface area (Å²) in [6.45, 7) is 7.09. The maximum Gasteiger partial charge on any atom is 0.188 e. The second-order valence-electron chi connectivity index (χ2n) is 8.66. The fraction of sp³-hybridized carbons (Fsp3) is 0.619. The largest absolute Gasteiger partial charge is 0.432 e. The first kappa shape index (κ1) is 22.9. The van der Waals surface area contributed by atoms with Gasteiger partial charge < -0.3 is 14.6 Å². The van der Waals surface area contributed by atoms with Gasteiger partial charge in [-0.05, 0) is 78.6 Å². The maximum atomic E-state index is 11.0. The molecule has 4 atom stereocenters. The predicted octanol–water partition coefficient (Wildman–Crippen LogP) is 3.41. The number of nitrogens with zero attached hydrogens (tertiary/aromatic N) is 3. The highest BCUT2D eigenvalue weighted by Gasteiger charge is 2.49. The number of aromatic nitrogens is 3. The predicted molar refractivity (Wildman–Crippen MR) is 124 cm³/mol. The molecule has 2 heterocycles. The molecule has 0 saturated carbocycles. The molecule has 1 fully saturated rings. The maximum absolute atomic E-state index is 11.0. The Hall–Kier alpha value is -0.813. The van der Waals surface area contributed by atoms with Crippen molar-refractivity contribution in [1.82, 2.24) is 15.0 Å². The Labute approximate surface area is 187 Å². The van der Waals surface area contributed by atoms with Crippen LogP contribution in [0.1, 0.15) is 31.0 Å². The van der Waals surface area contributed by atoms with E-state index < -0.39 is 8.32 Å². The summed E-state index contributed by atoms with van der Waals surface area (Å²) in [5.74, 6) is 0.343. The Morgan fingerprint density at radius 2 is 2.00 bits per heavy atom. The van der Waals surface area contributed by atoms with E-state index in [1.165, 1.54) is 9.13 Å². The second-order valence-corrected chi connectivity index (χ2v) is 13.9. The van der Waals surface area contributed by atoms with Crippen molar-refractivity contribution in [2.24, 2.45) is 5.92 Å². The highest BCUT2D eigenvalue weighted by atomic mass is 127. The van der Waals surface area contributed by atoms with Crippen molar-refractivity contribution in [1.29, 1.82) is 0 Å². The van der Waals surface area contributed by atoms with Gasteiger partial charge in [0.2, 0.25) is 0 Å². The van der Waals surface area contributed by atoms with Gasteiger partial charge in [-0.15, -0.1) is 5.10 Å². The van der Waals surface area contributed by atoms with E-state index in [1.54, 1.807) is 0 Å². The second kappa shape index (κ2) is 10.00. The lowest BCUT2D eigenvalue weighted by molar-refractivity contribution is 0.0245. The third-order valence-electron chi connectivity index (χ3n) is 5.92. The minimum absolute atomic E-state index is 0.0445. The van der Waals surface area contributed by atoms with Crippen LogP contribution in [0.15, 0.2) is 30.5 Å². The number of benzene rings is 1. The van der Waals surface area contributed by atoms with Crippen molar-refractivity contribution >= 4 is 30.9 Å². The standard InChI is InChI=1S/C21H32IN3O3Si/c1-15-19(8-7-16-5-4-6-17(22)13-16)28-20(21(15)29(2,3)27)9-11-25-14-18(10-12-26)23-24-25/h4-6,13-15,19-21,26-27H,7-12H2,1-3H3/t15-,19+,20-,21+/m0/s1. The van der Waals surface area contributed by atoms with E-state index in [9.17, 15) is 4.80 Å². The SMILES string of the molecule is C[C@@H]1[C@@H]([Si](C)(C)O)[C@H](CCn2cc(CCO)nn2)O[C@@H]1CCc1cccc(I)c1. The van der Waals surface area contributed by atoms with Crippen LogP contribution in [0.3, 0.4) is 0 Å². The molecule has 1 aromatic carbocycles. The molecular formula is C21H32IN3O3Si. The van der Waals surface area contributed by atoms with E-state index in [0.717, 1.165) is 25.0 Å². The highest BCUT2D eigenvalue weighted by Crippen LogP contribution is 2.45. The molecule has 3 rings (SSSR count). The molecule has 0 bridgehead atoms. The Kier molecular flexibility index (Phi) is 7.88. The van der Waals surface area contributed by atoms with Crippen LogP contribution >= 0.6 is 22.6 Å². The van der Waals surface area contributed by atoms with Crippen molar-refractivity contribution in [2.45, 2.75) is 70.0 Å². The molecule has 6 nitrogen and oxygen atoms in total. The zero-order chi connectivity index (χ0) is 21.0. The van der Waals surface area contributed by atoms with Gasteiger partial charge in [-0.25, -0.2) is 0 Å². The lowest BCUT2D eigenvalue weighted by Gasteiger charge is -2.30. The van der Waals surface area contributed by atoms with E-state index >= 15 is 0 Å². The summed E-state index contributed by atoms with van der Waals surface area (Å²) in [7, 11) is -2.36. The number of hydrogen-bond acceptors (Lipinski definition) is 5. The summed E-state index contributed by atoms with van der Waals surface area (Å²) in [6.07, 6.45) is 5.41. The van der Waals surface area contributed by atoms with Crippen LogP contribution in [0.2, 0.25) is 18.6 Å². The van der Waals surface area contributed by atoms with E-state index in [-0.39, 0.29) is 24.4 Å². The summed E-state index contributed by atoms with van der Waals surface area (Å²) in [5, 5.41) is 17.3. The van der Waals surface area contributed by atoms with Crippen molar-refractivity contribution in [3.63, 3.8) is 0 Å². The molecule has 1 aromatic heterocycles.